The van der Waals surface area contributed by atoms with Crippen molar-refractivity contribution in [2.75, 3.05) is 19.8 Å². The summed E-state index contributed by atoms with van der Waals surface area (Å²) in [6.07, 6.45) is 0. The molecule has 4 nitrogen and oxygen atoms in total. The van der Waals surface area contributed by atoms with Gasteiger partial charge in [0.15, 0.2) is 18.1 Å². The Bertz CT molecular complexity index is 613. The molecule has 0 saturated carbocycles. The number of para-hydroxylation sites is 2. The highest BCUT2D eigenvalue weighted by Crippen LogP contribution is 2.26. The summed E-state index contributed by atoms with van der Waals surface area (Å²) >= 11 is 0. The molecule has 4 heteroatoms. The van der Waals surface area contributed by atoms with Gasteiger partial charge in [-0.25, -0.2) is 0 Å². The Hall–Kier alpha value is -2.49. The number of amides is 1. The highest BCUT2D eigenvalue weighted by atomic mass is 16.5. The molecule has 0 fully saturated rings. The molecule has 0 aromatic heterocycles. The molecule has 1 N–H and O–H groups in total. The summed E-state index contributed by atoms with van der Waals surface area (Å²) < 4.78 is 11.0. The second-order valence-corrected chi connectivity index (χ2v) is 5.28. The lowest BCUT2D eigenvalue weighted by molar-refractivity contribution is -0.123. The average molecular weight is 313 g/mol. The first-order valence-electron chi connectivity index (χ1n) is 7.87. The van der Waals surface area contributed by atoms with Gasteiger partial charge in [-0.2, -0.15) is 0 Å². The topological polar surface area (TPSA) is 47.6 Å². The molecule has 122 valence electrons. The van der Waals surface area contributed by atoms with Crippen molar-refractivity contribution in [3.63, 3.8) is 0 Å². The van der Waals surface area contributed by atoms with E-state index in [0.717, 1.165) is 0 Å². The smallest absolute Gasteiger partial charge is 0.257 e. The van der Waals surface area contributed by atoms with E-state index in [0.29, 0.717) is 24.7 Å². The van der Waals surface area contributed by atoms with Gasteiger partial charge < -0.3 is 14.8 Å². The molecular weight excluding hydrogens is 290 g/mol. The van der Waals surface area contributed by atoms with Gasteiger partial charge in [0.2, 0.25) is 0 Å². The number of hydrogen-bond acceptors (Lipinski definition) is 3. The third-order valence-corrected chi connectivity index (χ3v) is 3.48. The molecule has 0 radical (unpaired) electrons. The van der Waals surface area contributed by atoms with Crippen LogP contribution in [0.4, 0.5) is 0 Å². The van der Waals surface area contributed by atoms with Crippen LogP contribution in [0.25, 0.3) is 0 Å². The fourth-order valence-corrected chi connectivity index (χ4v) is 2.20. The minimum Gasteiger partial charge on any atom is -0.490 e. The van der Waals surface area contributed by atoms with Gasteiger partial charge in [0, 0.05) is 6.54 Å². The molecule has 0 aliphatic heterocycles. The van der Waals surface area contributed by atoms with Crippen molar-refractivity contribution < 1.29 is 14.3 Å². The summed E-state index contributed by atoms with van der Waals surface area (Å²) in [5, 5.41) is 2.90. The van der Waals surface area contributed by atoms with E-state index in [1.165, 1.54) is 5.56 Å². The van der Waals surface area contributed by atoms with Crippen molar-refractivity contribution in [2.45, 2.75) is 19.8 Å². The van der Waals surface area contributed by atoms with Crippen LogP contribution in [0.1, 0.15) is 25.3 Å². The van der Waals surface area contributed by atoms with Crippen LogP contribution in [0.3, 0.4) is 0 Å². The molecule has 1 atom stereocenters. The minimum absolute atomic E-state index is 0.0222. The molecule has 0 aliphatic rings. The number of rotatable bonds is 8. The average Bonchev–Trinajstić information content (AvgIpc) is 2.60. The second kappa shape index (κ2) is 8.83. The van der Waals surface area contributed by atoms with E-state index in [9.17, 15) is 4.79 Å². The van der Waals surface area contributed by atoms with Crippen molar-refractivity contribution in [1.82, 2.24) is 5.32 Å². The van der Waals surface area contributed by atoms with Gasteiger partial charge in [-0.15, -0.1) is 0 Å². The Balaban J connectivity index is 1.79. The summed E-state index contributed by atoms with van der Waals surface area (Å²) in [4.78, 5) is 11.9. The van der Waals surface area contributed by atoms with Gasteiger partial charge in [-0.05, 0) is 30.5 Å². The first kappa shape index (κ1) is 16.9. The predicted octanol–water partition coefficient (Wildman–Crippen LogP) is 3.38. The monoisotopic (exact) mass is 313 g/mol. The fraction of sp³-hybridized carbons (Fsp3) is 0.316. The molecule has 0 heterocycles. The van der Waals surface area contributed by atoms with Crippen LogP contribution in [0.5, 0.6) is 11.5 Å². The minimum atomic E-state index is -0.140. The number of carbonyl (C=O) groups excluding carboxylic acids is 1. The summed E-state index contributed by atoms with van der Waals surface area (Å²) in [5.74, 6) is 1.36. The quantitative estimate of drug-likeness (QED) is 0.812. The lowest BCUT2D eigenvalue weighted by Crippen LogP contribution is -2.31. The van der Waals surface area contributed by atoms with Gasteiger partial charge in [0.05, 0.1) is 6.61 Å². The molecule has 0 aliphatic carbocycles. The maximum Gasteiger partial charge on any atom is 0.257 e. The Kier molecular flexibility index (Phi) is 6.48. The molecule has 2 aromatic carbocycles. The predicted molar refractivity (Wildman–Crippen MR) is 91.0 cm³/mol. The summed E-state index contributed by atoms with van der Waals surface area (Å²) in [7, 11) is 0. The molecule has 0 spiro atoms. The van der Waals surface area contributed by atoms with Gasteiger partial charge in [0.1, 0.15) is 0 Å². The molecule has 23 heavy (non-hydrogen) atoms. The molecule has 2 aromatic rings. The van der Waals surface area contributed by atoms with E-state index < -0.39 is 0 Å². The molecule has 1 unspecified atom stereocenters. The molecule has 1 amide bonds. The van der Waals surface area contributed by atoms with E-state index in [1.807, 2.05) is 43.3 Å². The number of benzene rings is 2. The molecule has 2 rings (SSSR count). The van der Waals surface area contributed by atoms with Crippen LogP contribution in [0.2, 0.25) is 0 Å². The number of hydrogen-bond donors (Lipinski definition) is 1. The first-order chi connectivity index (χ1) is 11.2. The standard InChI is InChI=1S/C19H23NO3/c1-3-22-17-11-7-8-12-18(17)23-14-19(21)20-13-15(2)16-9-5-4-6-10-16/h4-12,15H,3,13-14H2,1-2H3,(H,20,21). The maximum absolute atomic E-state index is 11.9. The summed E-state index contributed by atoms with van der Waals surface area (Å²) in [6.45, 7) is 5.11. The highest BCUT2D eigenvalue weighted by Gasteiger charge is 2.09. The zero-order chi connectivity index (χ0) is 16.5. The van der Waals surface area contributed by atoms with Crippen molar-refractivity contribution in [3.8, 4) is 11.5 Å². The van der Waals surface area contributed by atoms with E-state index in [-0.39, 0.29) is 18.4 Å². The van der Waals surface area contributed by atoms with Crippen LogP contribution in [-0.4, -0.2) is 25.7 Å². The van der Waals surface area contributed by atoms with Crippen molar-refractivity contribution in [1.29, 1.82) is 0 Å². The lowest BCUT2D eigenvalue weighted by atomic mass is 10.0. The third-order valence-electron chi connectivity index (χ3n) is 3.48. The maximum atomic E-state index is 11.9. The van der Waals surface area contributed by atoms with Crippen molar-refractivity contribution >= 4 is 5.91 Å². The van der Waals surface area contributed by atoms with E-state index in [4.69, 9.17) is 9.47 Å². The summed E-state index contributed by atoms with van der Waals surface area (Å²) in [5.41, 5.74) is 1.20. The van der Waals surface area contributed by atoms with Gasteiger partial charge >= 0.3 is 0 Å². The van der Waals surface area contributed by atoms with Crippen molar-refractivity contribution in [3.05, 3.63) is 60.2 Å². The van der Waals surface area contributed by atoms with Gasteiger partial charge in [0.25, 0.3) is 5.91 Å². The number of nitrogens with one attached hydrogen (secondary N) is 1. The first-order valence-corrected chi connectivity index (χ1v) is 7.87. The zero-order valence-electron chi connectivity index (χ0n) is 13.6. The lowest BCUT2D eigenvalue weighted by Gasteiger charge is -2.14. The molecular formula is C19H23NO3. The SMILES string of the molecule is CCOc1ccccc1OCC(=O)NCC(C)c1ccccc1. The Morgan fingerprint density at radius 1 is 1.00 bits per heavy atom. The zero-order valence-corrected chi connectivity index (χ0v) is 13.6. The largest absolute Gasteiger partial charge is 0.490 e. The Morgan fingerprint density at radius 2 is 1.61 bits per heavy atom. The highest BCUT2D eigenvalue weighted by molar-refractivity contribution is 5.77. The number of ether oxygens (including phenoxy) is 2. The van der Waals surface area contributed by atoms with Crippen LogP contribution >= 0.6 is 0 Å². The number of carbonyl (C=O) groups is 1. The Labute approximate surface area is 137 Å². The van der Waals surface area contributed by atoms with Crippen LogP contribution in [0.15, 0.2) is 54.6 Å². The Morgan fingerprint density at radius 3 is 2.26 bits per heavy atom. The molecule has 0 bridgehead atoms. The van der Waals surface area contributed by atoms with E-state index in [1.54, 1.807) is 6.07 Å². The molecule has 0 saturated heterocycles. The summed E-state index contributed by atoms with van der Waals surface area (Å²) in [6, 6.07) is 17.5. The normalized spacial score (nSPS) is 11.6. The van der Waals surface area contributed by atoms with Crippen LogP contribution < -0.4 is 14.8 Å². The second-order valence-electron chi connectivity index (χ2n) is 5.28. The van der Waals surface area contributed by atoms with Gasteiger partial charge in [-0.3, -0.25) is 4.79 Å². The van der Waals surface area contributed by atoms with E-state index >= 15 is 0 Å². The van der Waals surface area contributed by atoms with E-state index in [2.05, 4.69) is 24.4 Å². The van der Waals surface area contributed by atoms with Gasteiger partial charge in [-0.1, -0.05) is 49.4 Å². The third kappa shape index (κ3) is 5.33. The van der Waals surface area contributed by atoms with Crippen LogP contribution in [0, 0.1) is 0 Å². The fourth-order valence-electron chi connectivity index (χ4n) is 2.20. The van der Waals surface area contributed by atoms with Crippen LogP contribution in [-0.2, 0) is 4.79 Å². The van der Waals surface area contributed by atoms with Crippen molar-refractivity contribution in [2.24, 2.45) is 0 Å².